The minimum absolute atomic E-state index is 0.232. The van der Waals surface area contributed by atoms with Crippen LogP contribution in [0.1, 0.15) is 45.0 Å². The highest BCUT2D eigenvalue weighted by molar-refractivity contribution is 5.58. The first kappa shape index (κ1) is 21.2. The van der Waals surface area contributed by atoms with Crippen LogP contribution in [0.2, 0.25) is 0 Å². The molecule has 1 atom stereocenters. The number of aromatic nitrogens is 7. The van der Waals surface area contributed by atoms with Crippen molar-refractivity contribution in [2.45, 2.75) is 51.2 Å². The minimum Gasteiger partial charge on any atom is -0.389 e. The molecular formula is C23H26N8O2. The summed E-state index contributed by atoms with van der Waals surface area (Å²) in [7, 11) is 0. The molecule has 1 unspecified atom stereocenters. The van der Waals surface area contributed by atoms with Crippen LogP contribution in [0.5, 0.6) is 0 Å². The third-order valence-electron chi connectivity index (χ3n) is 6.04. The third-order valence-corrected chi connectivity index (χ3v) is 6.04. The van der Waals surface area contributed by atoms with E-state index in [1.165, 1.54) is 0 Å². The van der Waals surface area contributed by atoms with Gasteiger partial charge < -0.3 is 15.4 Å². The van der Waals surface area contributed by atoms with Gasteiger partial charge in [0.2, 0.25) is 5.95 Å². The number of rotatable bonds is 7. The van der Waals surface area contributed by atoms with Crippen molar-refractivity contribution < 1.29 is 9.63 Å². The highest BCUT2D eigenvalue weighted by Gasteiger charge is 2.47. The predicted molar refractivity (Wildman–Crippen MR) is 121 cm³/mol. The Kier molecular flexibility index (Phi) is 4.97. The van der Waals surface area contributed by atoms with Crippen LogP contribution in [0.15, 0.2) is 47.6 Å². The van der Waals surface area contributed by atoms with Gasteiger partial charge in [0, 0.05) is 30.4 Å². The molecule has 0 radical (unpaired) electrons. The predicted octanol–water partition coefficient (Wildman–Crippen LogP) is 2.85. The van der Waals surface area contributed by atoms with Crippen LogP contribution in [0.25, 0.3) is 22.7 Å². The zero-order chi connectivity index (χ0) is 23.2. The lowest BCUT2D eigenvalue weighted by atomic mass is 9.77. The second kappa shape index (κ2) is 7.73. The van der Waals surface area contributed by atoms with E-state index < -0.39 is 11.0 Å². The Bertz CT molecular complexity index is 1250. The number of pyridine rings is 1. The molecule has 1 aliphatic carbocycles. The van der Waals surface area contributed by atoms with Gasteiger partial charge in [0.05, 0.1) is 35.0 Å². The molecular weight excluding hydrogens is 420 g/mol. The lowest BCUT2D eigenvalue weighted by molar-refractivity contribution is 0.0577. The van der Waals surface area contributed by atoms with E-state index in [2.05, 4.69) is 38.2 Å². The number of nitrogen functional groups attached to an aromatic ring is 1. The van der Waals surface area contributed by atoms with Gasteiger partial charge in [-0.1, -0.05) is 11.2 Å². The fourth-order valence-corrected chi connectivity index (χ4v) is 4.06. The summed E-state index contributed by atoms with van der Waals surface area (Å²) in [5, 5.41) is 18.7. The topological polar surface area (TPSA) is 142 Å². The highest BCUT2D eigenvalue weighted by atomic mass is 16.5. The first-order valence-electron chi connectivity index (χ1n) is 10.9. The molecule has 170 valence electrons. The summed E-state index contributed by atoms with van der Waals surface area (Å²) in [6.07, 6.45) is 10.8. The van der Waals surface area contributed by atoms with Crippen molar-refractivity contribution in [3.8, 4) is 22.7 Å². The van der Waals surface area contributed by atoms with Crippen molar-refractivity contribution in [1.82, 2.24) is 34.9 Å². The summed E-state index contributed by atoms with van der Waals surface area (Å²) in [6, 6.07) is 4.00. The number of hydrogen-bond acceptors (Lipinski definition) is 9. The summed E-state index contributed by atoms with van der Waals surface area (Å²) in [4.78, 5) is 17.5. The van der Waals surface area contributed by atoms with E-state index in [1.807, 2.05) is 12.3 Å². The fraction of sp³-hybridized carbons (Fsp3) is 0.391. The van der Waals surface area contributed by atoms with Gasteiger partial charge in [-0.15, -0.1) is 0 Å². The standard InChI is InChI=1S/C23H26N8O2/c1-22(2,32)13-31-12-15(10-28-31)19-29-20(30-33-19)23(3,16-4-5-16)17-6-7-18(25-11-17)14-8-26-21(24)27-9-14/h6-12,16,32H,4-5,13H2,1-3H3,(H2,24,26,27). The van der Waals surface area contributed by atoms with E-state index in [4.69, 9.17) is 15.2 Å². The van der Waals surface area contributed by atoms with Crippen LogP contribution in [0.4, 0.5) is 5.95 Å². The molecule has 0 amide bonds. The molecule has 33 heavy (non-hydrogen) atoms. The van der Waals surface area contributed by atoms with Gasteiger partial charge in [-0.2, -0.15) is 10.1 Å². The average molecular weight is 447 g/mol. The fourth-order valence-electron chi connectivity index (χ4n) is 4.06. The van der Waals surface area contributed by atoms with E-state index in [-0.39, 0.29) is 5.95 Å². The normalized spacial score (nSPS) is 16.0. The monoisotopic (exact) mass is 446 g/mol. The lowest BCUT2D eigenvalue weighted by Crippen LogP contribution is -2.28. The second-order valence-electron chi connectivity index (χ2n) is 9.40. The van der Waals surface area contributed by atoms with Gasteiger partial charge in [0.1, 0.15) is 0 Å². The number of anilines is 1. The molecule has 4 aromatic rings. The van der Waals surface area contributed by atoms with Crippen molar-refractivity contribution in [2.24, 2.45) is 5.92 Å². The number of aliphatic hydroxyl groups is 1. The van der Waals surface area contributed by atoms with Crippen LogP contribution in [-0.4, -0.2) is 45.6 Å². The van der Waals surface area contributed by atoms with Gasteiger partial charge in [-0.05, 0) is 51.2 Å². The smallest absolute Gasteiger partial charge is 0.261 e. The van der Waals surface area contributed by atoms with E-state index in [0.29, 0.717) is 29.7 Å². The second-order valence-corrected chi connectivity index (χ2v) is 9.40. The van der Waals surface area contributed by atoms with Crippen LogP contribution >= 0.6 is 0 Å². The molecule has 1 saturated carbocycles. The maximum atomic E-state index is 10.0. The summed E-state index contributed by atoms with van der Waals surface area (Å²) < 4.78 is 7.29. The van der Waals surface area contributed by atoms with Crippen LogP contribution < -0.4 is 5.73 Å². The third kappa shape index (κ3) is 4.21. The molecule has 1 fully saturated rings. The van der Waals surface area contributed by atoms with E-state index >= 15 is 0 Å². The molecule has 10 nitrogen and oxygen atoms in total. The largest absolute Gasteiger partial charge is 0.389 e. The molecule has 0 bridgehead atoms. The zero-order valence-electron chi connectivity index (χ0n) is 18.8. The van der Waals surface area contributed by atoms with Gasteiger partial charge in [-0.3, -0.25) is 9.67 Å². The lowest BCUT2D eigenvalue weighted by Gasteiger charge is -2.26. The van der Waals surface area contributed by atoms with Crippen LogP contribution in [0, 0.1) is 5.92 Å². The molecule has 5 rings (SSSR count). The van der Waals surface area contributed by atoms with E-state index in [9.17, 15) is 5.11 Å². The number of nitrogens with two attached hydrogens (primary N) is 1. The Hall–Kier alpha value is -3.66. The zero-order valence-corrected chi connectivity index (χ0v) is 18.8. The molecule has 0 spiro atoms. The molecule has 0 saturated heterocycles. The molecule has 0 aliphatic heterocycles. The quantitative estimate of drug-likeness (QED) is 0.438. The Balaban J connectivity index is 1.43. The molecule has 3 N–H and O–H groups in total. The molecule has 10 heteroatoms. The Morgan fingerprint density at radius 2 is 1.82 bits per heavy atom. The maximum Gasteiger partial charge on any atom is 0.261 e. The first-order chi connectivity index (χ1) is 15.7. The Morgan fingerprint density at radius 1 is 1.06 bits per heavy atom. The summed E-state index contributed by atoms with van der Waals surface area (Å²) >= 11 is 0. The summed E-state index contributed by atoms with van der Waals surface area (Å²) in [5.41, 5.74) is 7.60. The van der Waals surface area contributed by atoms with Crippen molar-refractivity contribution >= 4 is 5.95 Å². The minimum atomic E-state index is -0.870. The summed E-state index contributed by atoms with van der Waals surface area (Å²) in [6.45, 7) is 5.98. The van der Waals surface area contributed by atoms with Crippen molar-refractivity contribution in [1.29, 1.82) is 0 Å². The van der Waals surface area contributed by atoms with Crippen molar-refractivity contribution in [2.75, 3.05) is 5.73 Å². The summed E-state index contributed by atoms with van der Waals surface area (Å²) in [5.74, 6) is 1.67. The number of nitrogens with zero attached hydrogens (tertiary/aromatic N) is 7. The van der Waals surface area contributed by atoms with Gasteiger partial charge >= 0.3 is 0 Å². The van der Waals surface area contributed by atoms with Gasteiger partial charge in [0.25, 0.3) is 5.89 Å². The Labute approximate surface area is 190 Å². The average Bonchev–Trinajstić information content (AvgIpc) is 3.35. The first-order valence-corrected chi connectivity index (χ1v) is 10.9. The Morgan fingerprint density at radius 3 is 2.45 bits per heavy atom. The van der Waals surface area contributed by atoms with Crippen LogP contribution in [0.3, 0.4) is 0 Å². The SMILES string of the molecule is CC(C)(O)Cn1cc(-c2nc(C(C)(c3ccc(-c4cnc(N)nc4)nc3)C3CC3)no2)cn1. The molecule has 4 heterocycles. The highest BCUT2D eigenvalue weighted by Crippen LogP contribution is 2.50. The van der Waals surface area contributed by atoms with Crippen molar-refractivity contribution in [3.63, 3.8) is 0 Å². The van der Waals surface area contributed by atoms with Gasteiger partial charge in [0.15, 0.2) is 5.82 Å². The van der Waals surface area contributed by atoms with E-state index in [0.717, 1.165) is 29.7 Å². The molecule has 0 aromatic carbocycles. The van der Waals surface area contributed by atoms with Crippen LogP contribution in [-0.2, 0) is 12.0 Å². The van der Waals surface area contributed by atoms with Gasteiger partial charge in [-0.25, -0.2) is 9.97 Å². The van der Waals surface area contributed by atoms with E-state index in [1.54, 1.807) is 43.3 Å². The molecule has 1 aliphatic rings. The van der Waals surface area contributed by atoms with Crippen molar-refractivity contribution in [3.05, 3.63) is 54.5 Å². The number of hydrogen-bond donors (Lipinski definition) is 2. The maximum absolute atomic E-state index is 10.0. The molecule has 4 aromatic heterocycles.